The van der Waals surface area contributed by atoms with Gasteiger partial charge in [0.15, 0.2) is 0 Å². The smallest absolute Gasteiger partial charge is 0.480 e. The van der Waals surface area contributed by atoms with Crippen LogP contribution in [0.15, 0.2) is 34.8 Å². The largest absolute Gasteiger partial charge is 0.513 e. The molecular weight excluding hydrogens is 1750 g/mol. The number of rotatable bonds is 36. The first kappa shape index (κ1) is 112. The molecule has 0 radical (unpaired) electrons. The second-order valence-corrected chi connectivity index (χ2v) is 34.8. The standard InChI is InChI=1S/C23H37NO7.C18H29NO5.C17H19NO6.C10H17BrO2.C10H16O2.C8H12Br2.C2H6O2.C2H6/c1-23(2,3)31-22(28)24-19(21(26)27)14-10-7-11-15-20(25)30-17-16-29-18-12-8-5-4-6-9-13-18;19-16(18(21)22)11-7-4-8-12-17(20)24-14-13-23-15-9-5-2-1-3-6-10-15;19-17(24-16-10-8-14(9-11-16)18(20)21)23-13-12-22-15-6-4-2-1-3-5-7-15;11-9-5-3-1-2-4-6-10(9)13-8-7-12;11-8-9-12-10-6-4-2-1-3-5-7-10;9-8(10)6-4-2-1-3-5-7(6)8;3-1-2-4;1-2/h18-19H,4-8,10-12,14-17H2,1-3H3,(H,24,28)(H,26,27);15-16H,1-5,7-9,11-14,19H2,(H,21,22);8-11,15H,1-4,6,12-13H2;5,10,12H,1-4,6-8H2;10-11H,1-4,6,8-9H2;6-7H,1-5H2;3-4H,1-2H2;1-2H3/t18?,19-;15?,16-;;;;;;/m00....../s1. The van der Waals surface area contributed by atoms with Gasteiger partial charge >= 0.3 is 36.1 Å². The number of nitro groups is 1. The molecule has 7 unspecified atom stereocenters. The van der Waals surface area contributed by atoms with Crippen molar-refractivity contribution in [1.29, 1.82) is 0 Å². The van der Waals surface area contributed by atoms with E-state index < -0.39 is 46.8 Å². The minimum atomic E-state index is -1.11. The van der Waals surface area contributed by atoms with Crippen molar-refractivity contribution in [2.75, 3.05) is 79.3 Å². The van der Waals surface area contributed by atoms with Gasteiger partial charge in [0.05, 0.1) is 73.7 Å². The molecule has 682 valence electrons. The number of benzene rings is 1. The monoisotopic (exact) mass is 1890 g/mol. The number of halogens is 3. The van der Waals surface area contributed by atoms with Crippen LogP contribution in [-0.2, 0) is 61.8 Å². The summed E-state index contributed by atoms with van der Waals surface area (Å²) in [5, 5.41) is 63.2. The number of hydrogen-bond donors (Lipinski definition) is 8. The van der Waals surface area contributed by atoms with E-state index in [4.69, 9.17) is 78.6 Å². The molecule has 0 bridgehead atoms. The number of aliphatic hydroxyl groups excluding tert-OH is 4. The van der Waals surface area contributed by atoms with Crippen LogP contribution in [0, 0.1) is 69.3 Å². The van der Waals surface area contributed by atoms with Crippen molar-refractivity contribution in [2.24, 2.45) is 17.6 Å². The number of carbonyl (C=O) groups is 6. The average molecular weight is 1890 g/mol. The number of esters is 2. The van der Waals surface area contributed by atoms with Crippen molar-refractivity contribution >= 4 is 89.6 Å². The fourth-order valence-corrected chi connectivity index (χ4v) is 15.1. The fourth-order valence-electron chi connectivity index (χ4n) is 12.6. The Balaban J connectivity index is 0.000000735. The lowest BCUT2D eigenvalue weighted by Crippen LogP contribution is -2.43. The van der Waals surface area contributed by atoms with Gasteiger partial charge in [-0.05, 0) is 180 Å². The van der Waals surface area contributed by atoms with Gasteiger partial charge in [0.2, 0.25) is 0 Å². The van der Waals surface area contributed by atoms with Crippen molar-refractivity contribution in [3.05, 3.63) is 44.9 Å². The first-order valence-corrected chi connectivity index (χ1v) is 46.0. The number of ether oxygens (including phenoxy) is 10. The average Bonchev–Trinajstić information content (AvgIpc) is 1.58. The number of aliphatic hydroxyl groups is 4. The van der Waals surface area contributed by atoms with Crippen LogP contribution >= 0.6 is 47.8 Å². The van der Waals surface area contributed by atoms with Crippen molar-refractivity contribution in [3.8, 4) is 53.1 Å². The van der Waals surface area contributed by atoms with Gasteiger partial charge in [-0.3, -0.25) is 24.5 Å². The number of amides is 1. The van der Waals surface area contributed by atoms with Crippen LogP contribution in [0.2, 0.25) is 0 Å². The Bertz CT molecular complexity index is 3210. The van der Waals surface area contributed by atoms with Gasteiger partial charge in [0, 0.05) is 55.1 Å². The summed E-state index contributed by atoms with van der Waals surface area (Å²) in [7, 11) is 0. The molecule has 8 rings (SSSR count). The first-order valence-electron chi connectivity index (χ1n) is 43.6. The summed E-state index contributed by atoms with van der Waals surface area (Å²) in [4.78, 5) is 78.5. The Labute approximate surface area is 739 Å². The number of alkyl carbamates (subject to hydrolysis) is 1. The number of nitrogens with zero attached hydrogens (tertiary/aromatic N) is 1. The Kier molecular flexibility index (Phi) is 68.6. The zero-order chi connectivity index (χ0) is 88.7. The quantitative estimate of drug-likeness (QED) is 0.00452. The third kappa shape index (κ3) is 61.4. The molecule has 9 N–H and O–H groups in total. The van der Waals surface area contributed by atoms with Crippen LogP contribution in [0.25, 0.3) is 0 Å². The first-order chi connectivity index (χ1) is 57.8. The molecule has 120 heavy (non-hydrogen) atoms. The number of hydrogen-bond acceptors (Lipinski definition) is 23. The minimum Gasteiger partial charge on any atom is -0.480 e. The van der Waals surface area contributed by atoms with Crippen LogP contribution in [0.3, 0.4) is 0 Å². The maximum absolute atomic E-state index is 11.8. The summed E-state index contributed by atoms with van der Waals surface area (Å²) >= 11 is 11.0. The van der Waals surface area contributed by atoms with Gasteiger partial charge in [-0.1, -0.05) is 175 Å². The number of carboxylic acids is 2. The van der Waals surface area contributed by atoms with E-state index in [0.717, 1.165) is 125 Å². The number of carboxylic acid groups (broad SMARTS) is 2. The molecule has 30 heteroatoms. The third-order valence-electron chi connectivity index (χ3n) is 19.0. The van der Waals surface area contributed by atoms with Crippen LogP contribution in [-0.4, -0.2) is 202 Å². The summed E-state index contributed by atoms with van der Waals surface area (Å²) in [5.41, 5.74) is 4.63. The Morgan fingerprint density at radius 2 is 0.917 bits per heavy atom. The lowest BCUT2D eigenvalue weighted by atomic mass is 10.0. The molecule has 1 aromatic rings. The highest BCUT2D eigenvalue weighted by Gasteiger charge is 2.60. The van der Waals surface area contributed by atoms with Gasteiger partial charge in [-0.15, -0.1) is 23.7 Å². The van der Waals surface area contributed by atoms with Crippen LogP contribution < -0.4 is 15.8 Å². The van der Waals surface area contributed by atoms with E-state index in [0.29, 0.717) is 74.6 Å². The van der Waals surface area contributed by atoms with E-state index in [1.54, 1.807) is 20.8 Å². The zero-order valence-electron chi connectivity index (χ0n) is 72.0. The van der Waals surface area contributed by atoms with Crippen LogP contribution in [0.5, 0.6) is 5.75 Å². The number of alkyl halides is 2. The Morgan fingerprint density at radius 1 is 0.517 bits per heavy atom. The number of allylic oxidation sites excluding steroid dienone is 1. The van der Waals surface area contributed by atoms with Gasteiger partial charge < -0.3 is 89.1 Å². The highest BCUT2D eigenvalue weighted by molar-refractivity contribution is 9.25. The molecule has 7 aliphatic rings. The third-order valence-corrected chi connectivity index (χ3v) is 22.2. The highest BCUT2D eigenvalue weighted by Crippen LogP contribution is 2.66. The summed E-state index contributed by atoms with van der Waals surface area (Å²) < 4.78 is 54.5. The van der Waals surface area contributed by atoms with E-state index >= 15 is 0 Å². The van der Waals surface area contributed by atoms with Crippen molar-refractivity contribution in [3.63, 3.8) is 0 Å². The van der Waals surface area contributed by atoms with E-state index in [1.807, 2.05) is 13.8 Å². The zero-order valence-corrected chi connectivity index (χ0v) is 76.8. The van der Waals surface area contributed by atoms with Crippen molar-refractivity contribution < 1.29 is 112 Å². The number of carbonyl (C=O) groups excluding carboxylic acids is 4. The maximum Gasteiger partial charge on any atom is 0.513 e. The predicted molar refractivity (Wildman–Crippen MR) is 472 cm³/mol. The maximum atomic E-state index is 11.8. The van der Waals surface area contributed by atoms with Gasteiger partial charge in [-0.2, -0.15) is 0 Å². The molecule has 1 amide bonds. The number of nitrogens with one attached hydrogen (secondary N) is 1. The number of aliphatic carboxylic acids is 2. The Hall–Kier alpha value is -5.94. The van der Waals surface area contributed by atoms with E-state index in [1.165, 1.54) is 114 Å². The van der Waals surface area contributed by atoms with Crippen molar-refractivity contribution in [2.45, 2.75) is 343 Å². The van der Waals surface area contributed by atoms with E-state index in [-0.39, 0.29) is 120 Å². The topological polar surface area (TPSA) is 397 Å². The van der Waals surface area contributed by atoms with Gasteiger partial charge in [-0.25, -0.2) is 14.4 Å². The van der Waals surface area contributed by atoms with Gasteiger partial charge in [0.1, 0.15) is 67.7 Å². The Morgan fingerprint density at radius 3 is 1.33 bits per heavy atom. The fraction of sp³-hybridized carbons (Fsp3) is 0.756. The molecule has 1 aromatic carbocycles. The van der Waals surface area contributed by atoms with Crippen LogP contribution in [0.4, 0.5) is 15.3 Å². The number of unbranched alkanes of at least 4 members (excludes halogenated alkanes) is 4. The number of nitro benzene ring substituents is 1. The second-order valence-electron chi connectivity index (χ2n) is 30.2. The molecular formula is C90H142Br3N3O24. The molecule has 0 aliphatic heterocycles. The van der Waals surface area contributed by atoms with Gasteiger partial charge in [0.25, 0.3) is 5.69 Å². The predicted octanol–water partition coefficient (Wildman–Crippen LogP) is 17.1. The van der Waals surface area contributed by atoms with Crippen molar-refractivity contribution in [1.82, 2.24) is 5.32 Å². The van der Waals surface area contributed by atoms with Crippen LogP contribution in [0.1, 0.15) is 291 Å². The molecule has 0 aromatic heterocycles. The second kappa shape index (κ2) is 73.4. The number of nitrogens with two attached hydrogens (primary N) is 1. The lowest BCUT2D eigenvalue weighted by Gasteiger charge is -2.22. The number of non-ortho nitro benzene ring substituents is 1. The summed E-state index contributed by atoms with van der Waals surface area (Å²) in [6.45, 7) is 11.4. The summed E-state index contributed by atoms with van der Waals surface area (Å²) in [6.07, 6.45) is 40.5. The molecule has 0 saturated heterocycles. The molecule has 0 spiro atoms. The minimum absolute atomic E-state index is 0.0394. The van der Waals surface area contributed by atoms with E-state index in [2.05, 4.69) is 107 Å². The highest BCUT2D eigenvalue weighted by atomic mass is 79.9. The molecule has 27 nitrogen and oxygen atoms in total. The normalized spacial score (nSPS) is 20.6. The molecule has 9 atom stereocenters. The molecule has 2 saturated carbocycles. The SMILES string of the molecule is BrC1(Br)C2CCCCCC21.CC.CC(C)(C)OC(=O)N[C@@H](CCCCCC(=O)OCCOC1C#CCCCCC1)C(=O)O.N[C@@H](CCCCCC(=O)OCCOC1C#CCCCCC1)C(=O)O.O=C(OCCOC1C#CCCCCC1)Oc1ccc([N+](=O)[O-])cc1.OCCO.OCCOC1C#CCCCCC1.OCCOC1CCCCCC=C1Br. The molecule has 2 fully saturated rings. The summed E-state index contributed by atoms with van der Waals surface area (Å²) in [6, 6.07) is 3.33. The number of fused-ring (bicyclic) bond motifs is 1. The molecule has 0 heterocycles. The summed E-state index contributed by atoms with van der Waals surface area (Å²) in [5.74, 6) is 24.2. The van der Waals surface area contributed by atoms with E-state index in [9.17, 15) is 44.0 Å². The molecule has 7 aliphatic carbocycles. The lowest BCUT2D eigenvalue weighted by molar-refractivity contribution is -0.384.